The lowest BCUT2D eigenvalue weighted by molar-refractivity contribution is 0.102. The van der Waals surface area contributed by atoms with Gasteiger partial charge in [-0.2, -0.15) is 0 Å². The number of nitrogens with zero attached hydrogens (tertiary/aromatic N) is 1. The van der Waals surface area contributed by atoms with Crippen LogP contribution in [0.1, 0.15) is 21.6 Å². The van der Waals surface area contributed by atoms with E-state index in [9.17, 15) is 4.79 Å². The van der Waals surface area contributed by atoms with Crippen molar-refractivity contribution >= 4 is 28.9 Å². The number of ether oxygens (including phenoxy) is 1. The largest absolute Gasteiger partial charge is 0.497 e. The Labute approximate surface area is 163 Å². The predicted molar refractivity (Wildman–Crippen MR) is 109 cm³/mol. The molecule has 0 fully saturated rings. The van der Waals surface area contributed by atoms with Crippen LogP contribution in [0.2, 0.25) is 5.02 Å². The number of methoxy groups -OCH3 is 1. The highest BCUT2D eigenvalue weighted by Crippen LogP contribution is 2.20. The second-order valence-electron chi connectivity index (χ2n) is 6.05. The van der Waals surface area contributed by atoms with E-state index < -0.39 is 0 Å². The number of aryl methyl sites for hydroxylation is 1. The number of halogens is 1. The van der Waals surface area contributed by atoms with Gasteiger partial charge in [-0.1, -0.05) is 29.8 Å². The SMILES string of the molecule is COc1ccc(CNc2ccc(C(=O)Nc3ccc(C)c(Cl)c3)nc2)cc1. The van der Waals surface area contributed by atoms with Crippen LogP contribution in [0.4, 0.5) is 11.4 Å². The second kappa shape index (κ2) is 8.56. The summed E-state index contributed by atoms with van der Waals surface area (Å²) in [5, 5.41) is 6.68. The maximum absolute atomic E-state index is 12.3. The number of benzene rings is 2. The van der Waals surface area contributed by atoms with Crippen molar-refractivity contribution < 1.29 is 9.53 Å². The molecule has 0 spiro atoms. The van der Waals surface area contributed by atoms with Gasteiger partial charge in [-0.3, -0.25) is 4.79 Å². The molecule has 0 unspecified atom stereocenters. The maximum atomic E-state index is 12.3. The molecule has 2 N–H and O–H groups in total. The van der Waals surface area contributed by atoms with Crippen molar-refractivity contribution in [1.29, 1.82) is 0 Å². The number of pyridine rings is 1. The second-order valence-corrected chi connectivity index (χ2v) is 6.46. The van der Waals surface area contributed by atoms with Crippen molar-refractivity contribution in [3.63, 3.8) is 0 Å². The molecule has 0 radical (unpaired) electrons. The van der Waals surface area contributed by atoms with Crippen LogP contribution in [0.25, 0.3) is 0 Å². The van der Waals surface area contributed by atoms with Crippen LogP contribution < -0.4 is 15.4 Å². The van der Waals surface area contributed by atoms with Gasteiger partial charge in [0, 0.05) is 17.3 Å². The predicted octanol–water partition coefficient (Wildman–Crippen LogP) is 4.92. The normalized spacial score (nSPS) is 10.3. The Kier molecular flexibility index (Phi) is 5.94. The zero-order valence-corrected chi connectivity index (χ0v) is 15.9. The van der Waals surface area contributed by atoms with Gasteiger partial charge in [-0.25, -0.2) is 4.98 Å². The zero-order valence-electron chi connectivity index (χ0n) is 15.1. The minimum atomic E-state index is -0.281. The molecule has 0 atom stereocenters. The van der Waals surface area contributed by atoms with Crippen molar-refractivity contribution in [1.82, 2.24) is 4.98 Å². The van der Waals surface area contributed by atoms with Gasteiger partial charge in [0.05, 0.1) is 19.0 Å². The van der Waals surface area contributed by atoms with Crippen molar-refractivity contribution in [2.75, 3.05) is 17.7 Å². The number of carbonyl (C=O) groups excluding carboxylic acids is 1. The Hall–Kier alpha value is -3.05. The molecule has 1 heterocycles. The summed E-state index contributed by atoms with van der Waals surface area (Å²) in [6.07, 6.45) is 1.64. The third kappa shape index (κ3) is 4.99. The molecular formula is C21H20ClN3O2. The number of carbonyl (C=O) groups is 1. The minimum Gasteiger partial charge on any atom is -0.497 e. The van der Waals surface area contributed by atoms with Crippen molar-refractivity contribution in [2.45, 2.75) is 13.5 Å². The summed E-state index contributed by atoms with van der Waals surface area (Å²) < 4.78 is 5.15. The van der Waals surface area contributed by atoms with Gasteiger partial charge >= 0.3 is 0 Å². The lowest BCUT2D eigenvalue weighted by atomic mass is 10.2. The molecule has 1 aromatic heterocycles. The van der Waals surface area contributed by atoms with E-state index in [1.54, 1.807) is 25.4 Å². The first-order valence-electron chi connectivity index (χ1n) is 8.45. The Morgan fingerprint density at radius 2 is 1.81 bits per heavy atom. The fourth-order valence-corrected chi connectivity index (χ4v) is 2.63. The summed E-state index contributed by atoms with van der Waals surface area (Å²) in [6.45, 7) is 2.56. The third-order valence-electron chi connectivity index (χ3n) is 4.08. The van der Waals surface area contributed by atoms with E-state index in [-0.39, 0.29) is 5.91 Å². The highest BCUT2D eigenvalue weighted by Gasteiger charge is 2.08. The number of aromatic nitrogens is 1. The van der Waals surface area contributed by atoms with Crippen LogP contribution in [-0.4, -0.2) is 18.0 Å². The van der Waals surface area contributed by atoms with Gasteiger partial charge < -0.3 is 15.4 Å². The Bertz CT molecular complexity index is 925. The van der Waals surface area contributed by atoms with E-state index in [4.69, 9.17) is 16.3 Å². The quantitative estimate of drug-likeness (QED) is 0.636. The van der Waals surface area contributed by atoms with Crippen molar-refractivity contribution in [3.8, 4) is 5.75 Å². The molecule has 6 heteroatoms. The summed E-state index contributed by atoms with van der Waals surface area (Å²) in [5.41, 5.74) is 3.88. The number of hydrogen-bond donors (Lipinski definition) is 2. The van der Waals surface area contributed by atoms with Crippen LogP contribution in [0.15, 0.2) is 60.8 Å². The van der Waals surface area contributed by atoms with E-state index in [2.05, 4.69) is 15.6 Å². The van der Waals surface area contributed by atoms with E-state index in [1.807, 2.05) is 49.4 Å². The van der Waals surface area contributed by atoms with Crippen LogP contribution in [0.3, 0.4) is 0 Å². The van der Waals surface area contributed by atoms with Crippen molar-refractivity contribution in [2.24, 2.45) is 0 Å². The monoisotopic (exact) mass is 381 g/mol. The zero-order chi connectivity index (χ0) is 19.2. The van der Waals surface area contributed by atoms with E-state index in [0.29, 0.717) is 22.9 Å². The van der Waals surface area contributed by atoms with Crippen molar-refractivity contribution in [3.05, 3.63) is 82.6 Å². The first kappa shape index (κ1) is 18.7. The molecule has 3 aromatic rings. The minimum absolute atomic E-state index is 0.281. The lowest BCUT2D eigenvalue weighted by Gasteiger charge is -2.09. The Balaban J connectivity index is 1.58. The molecule has 0 saturated heterocycles. The van der Waals surface area contributed by atoms with E-state index in [1.165, 1.54) is 0 Å². The highest BCUT2D eigenvalue weighted by molar-refractivity contribution is 6.31. The van der Waals surface area contributed by atoms with Crippen LogP contribution in [0, 0.1) is 6.92 Å². The third-order valence-corrected chi connectivity index (χ3v) is 4.49. The average molecular weight is 382 g/mol. The van der Waals surface area contributed by atoms with Gasteiger partial charge in [0.1, 0.15) is 11.4 Å². The molecule has 5 nitrogen and oxygen atoms in total. The molecule has 27 heavy (non-hydrogen) atoms. The van der Waals surface area contributed by atoms with Gasteiger partial charge in [0.15, 0.2) is 0 Å². The number of anilines is 2. The summed E-state index contributed by atoms with van der Waals surface area (Å²) >= 11 is 6.08. The summed E-state index contributed by atoms with van der Waals surface area (Å²) in [6, 6.07) is 16.7. The molecule has 0 bridgehead atoms. The molecule has 2 aromatic carbocycles. The van der Waals surface area contributed by atoms with Gasteiger partial charge in [-0.15, -0.1) is 0 Å². The fourth-order valence-electron chi connectivity index (χ4n) is 2.45. The molecule has 0 aliphatic heterocycles. The number of amides is 1. The Morgan fingerprint density at radius 3 is 2.44 bits per heavy atom. The summed E-state index contributed by atoms with van der Waals surface area (Å²) in [7, 11) is 1.64. The van der Waals surface area contributed by atoms with Crippen LogP contribution in [0.5, 0.6) is 5.75 Å². The van der Waals surface area contributed by atoms with Gasteiger partial charge in [0.25, 0.3) is 5.91 Å². The highest BCUT2D eigenvalue weighted by atomic mass is 35.5. The van der Waals surface area contributed by atoms with E-state index in [0.717, 1.165) is 22.6 Å². The summed E-state index contributed by atoms with van der Waals surface area (Å²) in [4.78, 5) is 16.5. The average Bonchev–Trinajstić information content (AvgIpc) is 2.70. The fraction of sp³-hybridized carbons (Fsp3) is 0.143. The Morgan fingerprint density at radius 1 is 1.07 bits per heavy atom. The molecule has 138 valence electrons. The lowest BCUT2D eigenvalue weighted by Crippen LogP contribution is -2.13. The number of nitrogens with one attached hydrogen (secondary N) is 2. The molecule has 3 rings (SSSR count). The first-order valence-corrected chi connectivity index (χ1v) is 8.83. The standard InChI is InChI=1S/C21H20ClN3O2/c1-14-3-6-16(11-19(14)22)25-21(26)20-10-7-17(13-24-20)23-12-15-4-8-18(27-2)9-5-15/h3-11,13,23H,12H2,1-2H3,(H,25,26). The molecule has 0 aliphatic carbocycles. The van der Waals surface area contributed by atoms with Crippen LogP contribution in [-0.2, 0) is 6.54 Å². The first-order chi connectivity index (χ1) is 13.0. The van der Waals surface area contributed by atoms with E-state index >= 15 is 0 Å². The number of rotatable bonds is 6. The maximum Gasteiger partial charge on any atom is 0.274 e. The van der Waals surface area contributed by atoms with Gasteiger partial charge in [-0.05, 0) is 54.4 Å². The molecule has 1 amide bonds. The van der Waals surface area contributed by atoms with Gasteiger partial charge in [0.2, 0.25) is 0 Å². The number of hydrogen-bond acceptors (Lipinski definition) is 4. The smallest absolute Gasteiger partial charge is 0.274 e. The molecule has 0 saturated carbocycles. The summed E-state index contributed by atoms with van der Waals surface area (Å²) in [5.74, 6) is 0.544. The molecule has 0 aliphatic rings. The molecular weight excluding hydrogens is 362 g/mol. The van der Waals surface area contributed by atoms with Crippen LogP contribution >= 0.6 is 11.6 Å². The topological polar surface area (TPSA) is 63.2 Å².